The number of rotatable bonds is 5. The quantitative estimate of drug-likeness (QED) is 0.765. The van der Waals surface area contributed by atoms with E-state index in [2.05, 4.69) is 9.46 Å². The highest BCUT2D eigenvalue weighted by molar-refractivity contribution is 7.92. The molecule has 1 N–H and O–H groups in total. The number of halogens is 2. The van der Waals surface area contributed by atoms with Gasteiger partial charge in [0.25, 0.3) is 10.0 Å². The van der Waals surface area contributed by atoms with Crippen LogP contribution in [-0.2, 0) is 14.8 Å². The molecule has 0 atom stereocenters. The van der Waals surface area contributed by atoms with Crippen LogP contribution in [0.15, 0.2) is 35.2 Å². The Bertz CT molecular complexity index is 928. The minimum atomic E-state index is -3.91. The van der Waals surface area contributed by atoms with Gasteiger partial charge in [-0.3, -0.25) is 4.72 Å². The largest absolute Gasteiger partial charge is 0.496 e. The zero-order valence-electron chi connectivity index (χ0n) is 13.6. The van der Waals surface area contributed by atoms with Crippen molar-refractivity contribution >= 4 is 44.9 Å². The van der Waals surface area contributed by atoms with Gasteiger partial charge in [-0.2, -0.15) is 0 Å². The lowest BCUT2D eigenvalue weighted by Gasteiger charge is -2.14. The third-order valence-electron chi connectivity index (χ3n) is 3.37. The zero-order valence-corrected chi connectivity index (χ0v) is 15.9. The number of hydrogen-bond donors (Lipinski definition) is 1. The molecule has 0 bridgehead atoms. The Balaban J connectivity index is 2.47. The fraction of sp³-hybridized carbons (Fsp3) is 0.188. The molecule has 0 aliphatic carbocycles. The number of methoxy groups -OCH3 is 2. The van der Waals surface area contributed by atoms with Gasteiger partial charge in [0.2, 0.25) is 0 Å². The highest BCUT2D eigenvalue weighted by Gasteiger charge is 2.21. The van der Waals surface area contributed by atoms with Crippen LogP contribution in [0.1, 0.15) is 15.9 Å². The van der Waals surface area contributed by atoms with E-state index in [4.69, 9.17) is 27.9 Å². The molecule has 0 aliphatic rings. The van der Waals surface area contributed by atoms with E-state index in [1.165, 1.54) is 38.5 Å². The summed E-state index contributed by atoms with van der Waals surface area (Å²) >= 11 is 12.0. The number of anilines is 1. The summed E-state index contributed by atoms with van der Waals surface area (Å²) in [4.78, 5) is 11.8. The van der Waals surface area contributed by atoms with E-state index in [0.29, 0.717) is 10.6 Å². The van der Waals surface area contributed by atoms with E-state index in [-0.39, 0.29) is 26.9 Å². The third kappa shape index (κ3) is 4.18. The van der Waals surface area contributed by atoms with Crippen molar-refractivity contribution in [2.24, 2.45) is 0 Å². The lowest BCUT2D eigenvalue weighted by atomic mass is 10.2. The number of hydrogen-bond acceptors (Lipinski definition) is 5. The first-order valence-corrected chi connectivity index (χ1v) is 9.18. The Hall–Kier alpha value is -1.96. The molecule has 0 fully saturated rings. The number of benzene rings is 2. The molecule has 0 amide bonds. The lowest BCUT2D eigenvalue weighted by Crippen LogP contribution is -2.15. The van der Waals surface area contributed by atoms with Gasteiger partial charge in [0.05, 0.1) is 29.8 Å². The van der Waals surface area contributed by atoms with Gasteiger partial charge >= 0.3 is 5.97 Å². The average Bonchev–Trinajstić information content (AvgIpc) is 2.55. The molecule has 0 unspecified atom stereocenters. The molecule has 25 heavy (non-hydrogen) atoms. The Kier molecular flexibility index (Phi) is 5.82. The molecule has 0 radical (unpaired) electrons. The van der Waals surface area contributed by atoms with Crippen LogP contribution in [0.25, 0.3) is 0 Å². The Labute approximate surface area is 155 Å². The fourth-order valence-electron chi connectivity index (χ4n) is 2.18. The topological polar surface area (TPSA) is 81.7 Å². The second kappa shape index (κ2) is 7.51. The Morgan fingerprint density at radius 1 is 1.12 bits per heavy atom. The summed E-state index contributed by atoms with van der Waals surface area (Å²) in [5.74, 6) is -0.525. The molecule has 0 spiro atoms. The Morgan fingerprint density at radius 3 is 2.36 bits per heavy atom. The van der Waals surface area contributed by atoms with Crippen LogP contribution in [-0.4, -0.2) is 28.6 Å². The van der Waals surface area contributed by atoms with E-state index in [1.54, 1.807) is 13.0 Å². The van der Waals surface area contributed by atoms with Gasteiger partial charge in [-0.15, -0.1) is 0 Å². The van der Waals surface area contributed by atoms with Crippen molar-refractivity contribution < 1.29 is 22.7 Å². The summed E-state index contributed by atoms with van der Waals surface area (Å²) in [6, 6.07) is 7.01. The first-order chi connectivity index (χ1) is 11.7. The monoisotopic (exact) mass is 403 g/mol. The molecule has 9 heteroatoms. The van der Waals surface area contributed by atoms with Crippen molar-refractivity contribution in [3.8, 4) is 5.75 Å². The number of carbonyl (C=O) groups is 1. The van der Waals surface area contributed by atoms with Gasteiger partial charge in [0.1, 0.15) is 11.3 Å². The molecule has 0 aromatic heterocycles. The van der Waals surface area contributed by atoms with Gasteiger partial charge in [-0.25, -0.2) is 13.2 Å². The van der Waals surface area contributed by atoms with Crippen molar-refractivity contribution in [3.05, 3.63) is 51.5 Å². The highest BCUT2D eigenvalue weighted by Crippen LogP contribution is 2.33. The van der Waals surface area contributed by atoms with Gasteiger partial charge in [-0.1, -0.05) is 23.2 Å². The second-order valence-corrected chi connectivity index (χ2v) is 7.53. The number of aryl methyl sites for hydroxylation is 1. The number of carbonyl (C=O) groups excluding carboxylic acids is 1. The van der Waals surface area contributed by atoms with Gasteiger partial charge in [0, 0.05) is 11.1 Å². The summed E-state index contributed by atoms with van der Waals surface area (Å²) in [5, 5.41) is 0.454. The first-order valence-electron chi connectivity index (χ1n) is 6.94. The molecule has 6 nitrogen and oxygen atoms in total. The second-order valence-electron chi connectivity index (χ2n) is 5.04. The van der Waals surface area contributed by atoms with Crippen molar-refractivity contribution in [2.45, 2.75) is 11.8 Å². The van der Waals surface area contributed by atoms with Crippen LogP contribution in [0.2, 0.25) is 10.0 Å². The van der Waals surface area contributed by atoms with Crippen LogP contribution in [0, 0.1) is 6.92 Å². The summed E-state index contributed by atoms with van der Waals surface area (Å²) in [5.41, 5.74) is 0.635. The van der Waals surface area contributed by atoms with E-state index >= 15 is 0 Å². The van der Waals surface area contributed by atoms with E-state index in [1.807, 2.05) is 0 Å². The maximum absolute atomic E-state index is 12.6. The van der Waals surface area contributed by atoms with Crippen LogP contribution >= 0.6 is 23.2 Å². The molecule has 134 valence electrons. The molecule has 2 rings (SSSR count). The van der Waals surface area contributed by atoms with Crippen molar-refractivity contribution in [1.82, 2.24) is 0 Å². The minimum Gasteiger partial charge on any atom is -0.496 e. The molecular formula is C16H15Cl2NO5S. The van der Waals surface area contributed by atoms with Crippen molar-refractivity contribution in [2.75, 3.05) is 18.9 Å². The van der Waals surface area contributed by atoms with Gasteiger partial charge in [-0.05, 0) is 36.8 Å². The predicted molar refractivity (Wildman–Crippen MR) is 96.3 cm³/mol. The SMILES string of the molecule is COC(=O)c1cc(Cl)c(NS(=O)(=O)c2ccc(Cl)cc2C)cc1OC. The van der Waals surface area contributed by atoms with Gasteiger partial charge in [0.15, 0.2) is 0 Å². The maximum Gasteiger partial charge on any atom is 0.341 e. The summed E-state index contributed by atoms with van der Waals surface area (Å²) < 4.78 is 37.4. The first kappa shape index (κ1) is 19.4. The molecule has 2 aromatic carbocycles. The number of esters is 1. The fourth-order valence-corrected chi connectivity index (χ4v) is 3.98. The van der Waals surface area contributed by atoms with Crippen molar-refractivity contribution in [1.29, 1.82) is 0 Å². The lowest BCUT2D eigenvalue weighted by molar-refractivity contribution is 0.0597. The molecular weight excluding hydrogens is 389 g/mol. The van der Waals surface area contributed by atoms with E-state index in [9.17, 15) is 13.2 Å². The summed E-state index contributed by atoms with van der Waals surface area (Å²) in [6.45, 7) is 1.63. The molecule has 0 aliphatic heterocycles. The van der Waals surface area contributed by atoms with Crippen LogP contribution in [0.3, 0.4) is 0 Å². The van der Waals surface area contributed by atoms with Gasteiger partial charge < -0.3 is 9.47 Å². The average molecular weight is 404 g/mol. The standard InChI is InChI=1S/C16H15Cl2NO5S/c1-9-6-10(17)4-5-15(9)25(21,22)19-13-8-14(23-2)11(7-12(13)18)16(20)24-3/h4-8,19H,1-3H3. The van der Waals surface area contributed by atoms with Crippen LogP contribution in [0.4, 0.5) is 5.69 Å². The maximum atomic E-state index is 12.6. The third-order valence-corrected chi connectivity index (χ3v) is 5.44. The molecule has 0 saturated heterocycles. The number of ether oxygens (including phenoxy) is 2. The number of sulfonamides is 1. The van der Waals surface area contributed by atoms with Crippen molar-refractivity contribution in [3.63, 3.8) is 0 Å². The molecule has 0 heterocycles. The molecule has 0 saturated carbocycles. The Morgan fingerprint density at radius 2 is 1.80 bits per heavy atom. The normalized spacial score (nSPS) is 11.1. The van der Waals surface area contributed by atoms with E-state index < -0.39 is 16.0 Å². The smallest absolute Gasteiger partial charge is 0.341 e. The summed E-state index contributed by atoms with van der Waals surface area (Å²) in [6.07, 6.45) is 0. The minimum absolute atomic E-state index is 0.0244. The molecule has 2 aromatic rings. The summed E-state index contributed by atoms with van der Waals surface area (Å²) in [7, 11) is -1.35. The number of nitrogens with one attached hydrogen (secondary N) is 1. The van der Waals surface area contributed by atoms with Crippen LogP contribution in [0.5, 0.6) is 5.75 Å². The zero-order chi connectivity index (χ0) is 18.8. The highest BCUT2D eigenvalue weighted by atomic mass is 35.5. The predicted octanol–water partition coefficient (Wildman–Crippen LogP) is 3.90. The van der Waals surface area contributed by atoms with Crippen LogP contribution < -0.4 is 9.46 Å². The van der Waals surface area contributed by atoms with E-state index in [0.717, 1.165) is 0 Å².